The maximum atomic E-state index is 10.1. The summed E-state index contributed by atoms with van der Waals surface area (Å²) in [6.45, 7) is 4.78. The fourth-order valence-electron chi connectivity index (χ4n) is 2.51. The molecule has 0 amide bonds. The summed E-state index contributed by atoms with van der Waals surface area (Å²) in [6.07, 6.45) is 0.973. The molecule has 2 N–H and O–H groups in total. The molecule has 2 unspecified atom stereocenters. The molecule has 0 radical (unpaired) electrons. The van der Waals surface area contributed by atoms with Crippen LogP contribution in [0.15, 0.2) is 54.9 Å². The Kier molecular flexibility index (Phi) is 7.72. The van der Waals surface area contributed by atoms with Crippen LogP contribution in [0.2, 0.25) is 0 Å². The van der Waals surface area contributed by atoms with Gasteiger partial charge in [-0.25, -0.2) is 4.68 Å². The number of rotatable bonds is 8. The summed E-state index contributed by atoms with van der Waals surface area (Å²) < 4.78 is 7.21. The second kappa shape index (κ2) is 10.0. The molecule has 7 nitrogen and oxygen atoms in total. The van der Waals surface area contributed by atoms with Crippen molar-refractivity contribution in [2.24, 2.45) is 0 Å². The third-order valence-corrected chi connectivity index (χ3v) is 4.13. The van der Waals surface area contributed by atoms with Gasteiger partial charge in [-0.15, -0.1) is 17.5 Å². The third-order valence-electron chi connectivity index (χ3n) is 4.13. The Labute approximate surface area is 164 Å². The molecule has 0 aliphatic heterocycles. The van der Waals surface area contributed by atoms with Crippen molar-refractivity contribution in [1.82, 2.24) is 25.5 Å². The molecule has 3 aromatic rings. The van der Waals surface area contributed by atoms with Gasteiger partial charge in [-0.05, 0) is 54.1 Å². The fourth-order valence-corrected chi connectivity index (χ4v) is 2.51. The lowest BCUT2D eigenvalue weighted by atomic mass is 10.1. The molecule has 3 rings (SSSR count). The van der Waals surface area contributed by atoms with E-state index in [1.165, 1.54) is 5.56 Å². The van der Waals surface area contributed by atoms with Crippen LogP contribution in [-0.4, -0.2) is 44.6 Å². The van der Waals surface area contributed by atoms with Crippen molar-refractivity contribution < 1.29 is 9.84 Å². The number of aliphatic hydroxyl groups excluding tert-OH is 1. The Morgan fingerprint density at radius 1 is 1.11 bits per heavy atom. The molecule has 0 spiro atoms. The van der Waals surface area contributed by atoms with E-state index >= 15 is 0 Å². The smallest absolute Gasteiger partial charge is 0.143 e. The SMILES string of the molecule is Cc1ccc(OCC(O)CNC(C)c2ccc(-n3cnnn3)cc2)cc1.Cl. The minimum absolute atomic E-state index is 0. The zero-order valence-electron chi connectivity index (χ0n) is 15.3. The number of nitrogens with zero attached hydrogens (tertiary/aromatic N) is 4. The Morgan fingerprint density at radius 3 is 2.44 bits per heavy atom. The standard InChI is InChI=1S/C19H23N5O2.ClH/c1-14-3-9-19(10-4-14)26-12-18(25)11-20-15(2)16-5-7-17(8-6-16)24-13-21-22-23-24;/h3-10,13,15,18,20,25H,11-12H2,1-2H3;1H. The summed E-state index contributed by atoms with van der Waals surface area (Å²) in [7, 11) is 0. The number of benzene rings is 2. The highest BCUT2D eigenvalue weighted by molar-refractivity contribution is 5.85. The number of hydrogen-bond donors (Lipinski definition) is 2. The lowest BCUT2D eigenvalue weighted by Gasteiger charge is -2.18. The Balaban J connectivity index is 0.00000261. The zero-order valence-corrected chi connectivity index (χ0v) is 16.1. The number of nitrogens with one attached hydrogen (secondary N) is 1. The summed E-state index contributed by atoms with van der Waals surface area (Å²) in [5.74, 6) is 0.765. The quantitative estimate of drug-likeness (QED) is 0.615. The highest BCUT2D eigenvalue weighted by Crippen LogP contribution is 2.15. The van der Waals surface area contributed by atoms with E-state index in [9.17, 15) is 5.11 Å². The molecule has 27 heavy (non-hydrogen) atoms. The van der Waals surface area contributed by atoms with Gasteiger partial charge in [-0.2, -0.15) is 0 Å². The highest BCUT2D eigenvalue weighted by atomic mass is 35.5. The Hall–Kier alpha value is -2.48. The van der Waals surface area contributed by atoms with Crippen molar-refractivity contribution in [3.63, 3.8) is 0 Å². The predicted octanol–water partition coefficient (Wildman–Crippen LogP) is 2.48. The molecule has 2 atom stereocenters. The maximum Gasteiger partial charge on any atom is 0.143 e. The van der Waals surface area contributed by atoms with Crippen LogP contribution in [0.4, 0.5) is 0 Å². The molecule has 0 aliphatic carbocycles. The van der Waals surface area contributed by atoms with E-state index in [0.29, 0.717) is 6.54 Å². The zero-order chi connectivity index (χ0) is 18.4. The number of aromatic nitrogens is 4. The summed E-state index contributed by atoms with van der Waals surface area (Å²) in [5.41, 5.74) is 3.20. The molecular weight excluding hydrogens is 366 g/mol. The van der Waals surface area contributed by atoms with Crippen LogP contribution in [0, 0.1) is 6.92 Å². The fraction of sp³-hybridized carbons (Fsp3) is 0.316. The van der Waals surface area contributed by atoms with Crippen molar-refractivity contribution in [3.05, 3.63) is 66.0 Å². The average Bonchev–Trinajstić information content (AvgIpc) is 3.20. The van der Waals surface area contributed by atoms with E-state index in [4.69, 9.17) is 4.74 Å². The van der Waals surface area contributed by atoms with Crippen LogP contribution in [-0.2, 0) is 0 Å². The van der Waals surface area contributed by atoms with Gasteiger partial charge in [-0.3, -0.25) is 0 Å². The highest BCUT2D eigenvalue weighted by Gasteiger charge is 2.10. The van der Waals surface area contributed by atoms with Gasteiger partial charge in [0.1, 0.15) is 24.8 Å². The Bertz CT molecular complexity index is 794. The van der Waals surface area contributed by atoms with Crippen molar-refractivity contribution in [3.8, 4) is 11.4 Å². The number of hydrogen-bond acceptors (Lipinski definition) is 6. The average molecular weight is 390 g/mol. The van der Waals surface area contributed by atoms with Crippen LogP contribution in [0.5, 0.6) is 5.75 Å². The van der Waals surface area contributed by atoms with Crippen LogP contribution in [0.25, 0.3) is 5.69 Å². The topological polar surface area (TPSA) is 85.1 Å². The second-order valence-electron chi connectivity index (χ2n) is 6.25. The van der Waals surface area contributed by atoms with Crippen LogP contribution < -0.4 is 10.1 Å². The van der Waals surface area contributed by atoms with E-state index in [2.05, 4.69) is 27.8 Å². The van der Waals surface area contributed by atoms with E-state index in [-0.39, 0.29) is 25.1 Å². The largest absolute Gasteiger partial charge is 0.491 e. The van der Waals surface area contributed by atoms with Crippen LogP contribution in [0.1, 0.15) is 24.1 Å². The summed E-state index contributed by atoms with van der Waals surface area (Å²) >= 11 is 0. The molecule has 0 saturated carbocycles. The van der Waals surface area contributed by atoms with E-state index < -0.39 is 6.10 Å². The summed E-state index contributed by atoms with van der Waals surface area (Å²) in [5, 5.41) is 24.6. The maximum absolute atomic E-state index is 10.1. The second-order valence-corrected chi connectivity index (χ2v) is 6.25. The van der Waals surface area contributed by atoms with Gasteiger partial charge in [0.15, 0.2) is 0 Å². The molecule has 2 aromatic carbocycles. The monoisotopic (exact) mass is 389 g/mol. The first-order valence-electron chi connectivity index (χ1n) is 8.56. The van der Waals surface area contributed by atoms with Gasteiger partial charge in [0, 0.05) is 12.6 Å². The van der Waals surface area contributed by atoms with Crippen molar-refractivity contribution in [2.45, 2.75) is 26.0 Å². The molecule has 0 fully saturated rings. The number of tetrazole rings is 1. The molecule has 0 saturated heterocycles. The number of ether oxygens (including phenoxy) is 1. The Morgan fingerprint density at radius 2 is 1.81 bits per heavy atom. The summed E-state index contributed by atoms with van der Waals surface area (Å²) in [6, 6.07) is 15.8. The van der Waals surface area contributed by atoms with E-state index in [0.717, 1.165) is 17.0 Å². The van der Waals surface area contributed by atoms with Crippen LogP contribution >= 0.6 is 12.4 Å². The summed E-state index contributed by atoms with van der Waals surface area (Å²) in [4.78, 5) is 0. The molecular formula is C19H24ClN5O2. The van der Waals surface area contributed by atoms with Crippen molar-refractivity contribution in [1.29, 1.82) is 0 Å². The van der Waals surface area contributed by atoms with Crippen molar-refractivity contribution in [2.75, 3.05) is 13.2 Å². The van der Waals surface area contributed by atoms with Crippen LogP contribution in [0.3, 0.4) is 0 Å². The molecule has 0 aliphatic rings. The number of aryl methyl sites for hydroxylation is 1. The van der Waals surface area contributed by atoms with Gasteiger partial charge in [0.05, 0.1) is 5.69 Å². The normalized spacial score (nSPS) is 12.9. The van der Waals surface area contributed by atoms with Gasteiger partial charge >= 0.3 is 0 Å². The lowest BCUT2D eigenvalue weighted by molar-refractivity contribution is 0.104. The third kappa shape index (κ3) is 6.02. The van der Waals surface area contributed by atoms with E-state index in [1.807, 2.05) is 55.5 Å². The first-order chi connectivity index (χ1) is 12.6. The molecule has 144 valence electrons. The molecule has 1 aromatic heterocycles. The first-order valence-corrected chi connectivity index (χ1v) is 8.56. The van der Waals surface area contributed by atoms with Gasteiger partial charge in [-0.1, -0.05) is 29.8 Å². The number of halogens is 1. The number of aliphatic hydroxyl groups is 1. The van der Waals surface area contributed by atoms with Gasteiger partial charge < -0.3 is 15.2 Å². The van der Waals surface area contributed by atoms with Gasteiger partial charge in [0.25, 0.3) is 0 Å². The van der Waals surface area contributed by atoms with Crippen molar-refractivity contribution >= 4 is 12.4 Å². The molecule has 8 heteroatoms. The molecule has 0 bridgehead atoms. The lowest BCUT2D eigenvalue weighted by Crippen LogP contribution is -2.33. The minimum Gasteiger partial charge on any atom is -0.491 e. The minimum atomic E-state index is -0.584. The van der Waals surface area contributed by atoms with E-state index in [1.54, 1.807) is 11.0 Å². The predicted molar refractivity (Wildman–Crippen MR) is 106 cm³/mol. The van der Waals surface area contributed by atoms with Gasteiger partial charge in [0.2, 0.25) is 0 Å². The molecule has 1 heterocycles. The first kappa shape index (κ1) is 20.8.